The van der Waals surface area contributed by atoms with Gasteiger partial charge in [-0.3, -0.25) is 4.79 Å². The summed E-state index contributed by atoms with van der Waals surface area (Å²) in [6, 6.07) is 7.33. The summed E-state index contributed by atoms with van der Waals surface area (Å²) >= 11 is 3.34. The molecule has 0 aliphatic carbocycles. The van der Waals surface area contributed by atoms with Gasteiger partial charge in [-0.15, -0.1) is 0 Å². The molecule has 2 N–H and O–H groups in total. The van der Waals surface area contributed by atoms with Crippen molar-refractivity contribution < 1.29 is 14.6 Å². The molecule has 0 aliphatic heterocycles. The molecule has 0 aromatic heterocycles. The molecule has 0 saturated heterocycles. The third-order valence-electron chi connectivity index (χ3n) is 2.69. The maximum absolute atomic E-state index is 11.6. The molecule has 0 heterocycles. The van der Waals surface area contributed by atoms with Crippen molar-refractivity contribution in [1.82, 2.24) is 5.32 Å². The average molecular weight is 330 g/mol. The number of benzene rings is 1. The largest absolute Gasteiger partial charge is 0.483 e. The third-order valence-corrected chi connectivity index (χ3v) is 3.34. The van der Waals surface area contributed by atoms with Crippen LogP contribution in [-0.2, 0) is 4.79 Å². The molecule has 1 unspecified atom stereocenters. The van der Waals surface area contributed by atoms with Gasteiger partial charge >= 0.3 is 0 Å². The number of aliphatic hydroxyl groups excluding tert-OH is 1. The molecule has 1 atom stereocenters. The molecule has 0 fully saturated rings. The highest BCUT2D eigenvalue weighted by Crippen LogP contribution is 2.23. The van der Waals surface area contributed by atoms with Gasteiger partial charge in [-0.1, -0.05) is 32.9 Å². The Morgan fingerprint density at radius 1 is 1.42 bits per heavy atom. The van der Waals surface area contributed by atoms with E-state index < -0.39 is 6.10 Å². The summed E-state index contributed by atoms with van der Waals surface area (Å²) in [7, 11) is 0. The molecule has 0 saturated carbocycles. The number of rotatable bonds is 5. The summed E-state index contributed by atoms with van der Waals surface area (Å²) in [5, 5.41) is 12.5. The number of aliphatic hydroxyl groups is 1. The van der Waals surface area contributed by atoms with Crippen LogP contribution in [0, 0.1) is 5.41 Å². The maximum atomic E-state index is 11.6. The quantitative estimate of drug-likeness (QED) is 0.871. The van der Waals surface area contributed by atoms with Crippen LogP contribution >= 0.6 is 15.9 Å². The zero-order valence-corrected chi connectivity index (χ0v) is 13.0. The van der Waals surface area contributed by atoms with E-state index in [0.29, 0.717) is 5.75 Å². The van der Waals surface area contributed by atoms with Crippen LogP contribution in [0.3, 0.4) is 0 Å². The monoisotopic (exact) mass is 329 g/mol. The van der Waals surface area contributed by atoms with Gasteiger partial charge in [-0.25, -0.2) is 0 Å². The van der Waals surface area contributed by atoms with E-state index in [0.717, 1.165) is 4.47 Å². The Bertz CT molecular complexity index is 429. The van der Waals surface area contributed by atoms with E-state index >= 15 is 0 Å². The van der Waals surface area contributed by atoms with Crippen molar-refractivity contribution in [2.24, 2.45) is 5.41 Å². The van der Waals surface area contributed by atoms with Gasteiger partial charge in [0.25, 0.3) is 5.91 Å². The van der Waals surface area contributed by atoms with Crippen molar-refractivity contribution in [2.75, 3.05) is 13.2 Å². The van der Waals surface area contributed by atoms with Crippen molar-refractivity contribution in [3.8, 4) is 5.75 Å². The average Bonchev–Trinajstić information content (AvgIpc) is 2.33. The summed E-state index contributed by atoms with van der Waals surface area (Å²) in [4.78, 5) is 11.6. The molecule has 1 amide bonds. The normalized spacial score (nSPS) is 12.9. The lowest BCUT2D eigenvalue weighted by Crippen LogP contribution is -2.40. The number of nitrogens with one attached hydrogen (secondary N) is 1. The lowest BCUT2D eigenvalue weighted by molar-refractivity contribution is -0.123. The Kier molecular flexibility index (Phi) is 5.82. The van der Waals surface area contributed by atoms with Gasteiger partial charge < -0.3 is 15.2 Å². The fourth-order valence-electron chi connectivity index (χ4n) is 1.27. The van der Waals surface area contributed by atoms with Crippen LogP contribution < -0.4 is 10.1 Å². The standard InChI is InChI=1S/C14H20BrNO3/c1-14(2,3)12(17)8-16-13(18)9-19-11-7-5-4-6-10(11)15/h4-7,12,17H,8-9H2,1-3H3,(H,16,18). The molecule has 0 spiro atoms. The highest BCUT2D eigenvalue weighted by atomic mass is 79.9. The summed E-state index contributed by atoms with van der Waals surface area (Å²) in [5.74, 6) is 0.369. The van der Waals surface area contributed by atoms with Crippen LogP contribution in [0.5, 0.6) is 5.75 Å². The number of ether oxygens (including phenoxy) is 1. The molecule has 0 radical (unpaired) electrons. The molecule has 0 aliphatic rings. The van der Waals surface area contributed by atoms with Gasteiger partial charge in [-0.2, -0.15) is 0 Å². The van der Waals surface area contributed by atoms with Crippen LogP contribution in [0.15, 0.2) is 28.7 Å². The lowest BCUT2D eigenvalue weighted by atomic mass is 9.89. The van der Waals surface area contributed by atoms with E-state index in [1.54, 1.807) is 6.07 Å². The highest BCUT2D eigenvalue weighted by Gasteiger charge is 2.22. The minimum Gasteiger partial charge on any atom is -0.483 e. The number of hydrogen-bond donors (Lipinski definition) is 2. The van der Waals surface area contributed by atoms with E-state index in [2.05, 4.69) is 21.2 Å². The smallest absolute Gasteiger partial charge is 0.258 e. The van der Waals surface area contributed by atoms with Gasteiger partial charge in [0.2, 0.25) is 0 Å². The molecule has 0 bridgehead atoms. The first-order chi connectivity index (χ1) is 8.80. The Morgan fingerprint density at radius 2 is 2.05 bits per heavy atom. The van der Waals surface area contributed by atoms with E-state index in [-0.39, 0.29) is 24.5 Å². The summed E-state index contributed by atoms with van der Waals surface area (Å²) in [5.41, 5.74) is -0.253. The first-order valence-corrected chi connectivity index (χ1v) is 6.92. The molecule has 5 heteroatoms. The van der Waals surface area contributed by atoms with Crippen LogP contribution in [0.2, 0.25) is 0 Å². The number of carbonyl (C=O) groups excluding carboxylic acids is 1. The van der Waals surface area contributed by atoms with E-state index in [1.165, 1.54) is 0 Å². The Balaban J connectivity index is 2.35. The molecular formula is C14H20BrNO3. The molecule has 1 aromatic rings. The number of amides is 1. The van der Waals surface area contributed by atoms with Crippen molar-refractivity contribution >= 4 is 21.8 Å². The molecule has 106 valence electrons. The minimum absolute atomic E-state index is 0.0700. The predicted octanol–water partition coefficient (Wildman–Crippen LogP) is 2.35. The van der Waals surface area contributed by atoms with Gasteiger partial charge in [0.05, 0.1) is 10.6 Å². The van der Waals surface area contributed by atoms with Crippen LogP contribution in [-0.4, -0.2) is 30.3 Å². The van der Waals surface area contributed by atoms with Crippen molar-refractivity contribution in [3.05, 3.63) is 28.7 Å². The van der Waals surface area contributed by atoms with Crippen molar-refractivity contribution in [3.63, 3.8) is 0 Å². The van der Waals surface area contributed by atoms with Gasteiger partial charge in [0, 0.05) is 6.54 Å². The molecule has 1 rings (SSSR count). The second-order valence-electron chi connectivity index (χ2n) is 5.40. The Labute approximate surface area is 122 Å². The molecule has 4 nitrogen and oxygen atoms in total. The molecular weight excluding hydrogens is 310 g/mol. The third kappa shape index (κ3) is 5.61. The second kappa shape index (κ2) is 6.91. The first kappa shape index (κ1) is 16.0. The van der Waals surface area contributed by atoms with Gasteiger partial charge in [-0.05, 0) is 33.5 Å². The molecule has 1 aromatic carbocycles. The van der Waals surface area contributed by atoms with Crippen LogP contribution in [0.4, 0.5) is 0 Å². The number of carbonyl (C=O) groups is 1. The van der Waals surface area contributed by atoms with Gasteiger partial charge in [0.1, 0.15) is 5.75 Å². The summed E-state index contributed by atoms with van der Waals surface area (Å²) < 4.78 is 6.18. The lowest BCUT2D eigenvalue weighted by Gasteiger charge is -2.25. The SMILES string of the molecule is CC(C)(C)C(O)CNC(=O)COc1ccccc1Br. The number of para-hydroxylation sites is 1. The first-order valence-electron chi connectivity index (χ1n) is 6.13. The zero-order valence-electron chi connectivity index (χ0n) is 11.4. The maximum Gasteiger partial charge on any atom is 0.258 e. The minimum atomic E-state index is -0.583. The summed E-state index contributed by atoms with van der Waals surface area (Å²) in [6.07, 6.45) is -0.583. The van der Waals surface area contributed by atoms with Crippen LogP contribution in [0.25, 0.3) is 0 Å². The zero-order chi connectivity index (χ0) is 14.5. The number of halogens is 1. The fourth-order valence-corrected chi connectivity index (χ4v) is 1.67. The molecule has 19 heavy (non-hydrogen) atoms. The Hall–Kier alpha value is -1.07. The number of hydrogen-bond acceptors (Lipinski definition) is 3. The second-order valence-corrected chi connectivity index (χ2v) is 6.26. The fraction of sp³-hybridized carbons (Fsp3) is 0.500. The van der Waals surface area contributed by atoms with Crippen LogP contribution in [0.1, 0.15) is 20.8 Å². The van der Waals surface area contributed by atoms with E-state index in [4.69, 9.17) is 4.74 Å². The van der Waals surface area contributed by atoms with Crippen molar-refractivity contribution in [2.45, 2.75) is 26.9 Å². The van der Waals surface area contributed by atoms with E-state index in [9.17, 15) is 9.90 Å². The topological polar surface area (TPSA) is 58.6 Å². The van der Waals surface area contributed by atoms with Crippen molar-refractivity contribution in [1.29, 1.82) is 0 Å². The summed E-state index contributed by atoms with van der Waals surface area (Å²) in [6.45, 7) is 5.91. The predicted molar refractivity (Wildman–Crippen MR) is 78.1 cm³/mol. The highest BCUT2D eigenvalue weighted by molar-refractivity contribution is 9.10. The van der Waals surface area contributed by atoms with E-state index in [1.807, 2.05) is 39.0 Å². The van der Waals surface area contributed by atoms with Gasteiger partial charge in [0.15, 0.2) is 6.61 Å². The Morgan fingerprint density at radius 3 is 2.63 bits per heavy atom.